The van der Waals surface area contributed by atoms with Crippen LogP contribution in [0.2, 0.25) is 0 Å². The molecule has 1 amide bonds. The van der Waals surface area contributed by atoms with Gasteiger partial charge >= 0.3 is 0 Å². The molecule has 1 fully saturated rings. The zero-order chi connectivity index (χ0) is 17.6. The summed E-state index contributed by atoms with van der Waals surface area (Å²) in [6.45, 7) is 2.55. The zero-order valence-corrected chi connectivity index (χ0v) is 15.0. The van der Waals surface area contributed by atoms with Crippen LogP contribution in [0, 0.1) is 6.92 Å². The van der Waals surface area contributed by atoms with Crippen LogP contribution in [0.1, 0.15) is 40.6 Å². The Morgan fingerprint density at radius 1 is 1.28 bits per heavy atom. The molecule has 7 heteroatoms. The lowest BCUT2D eigenvalue weighted by molar-refractivity contribution is 0.0979. The van der Waals surface area contributed by atoms with Gasteiger partial charge in [0, 0.05) is 17.9 Å². The number of amides is 1. The van der Waals surface area contributed by atoms with Gasteiger partial charge in [0.25, 0.3) is 5.91 Å². The predicted octanol–water partition coefficient (Wildman–Crippen LogP) is 2.14. The number of hydrogen-bond acceptors (Lipinski definition) is 4. The molecule has 3 heterocycles. The van der Waals surface area contributed by atoms with E-state index in [9.17, 15) is 13.2 Å². The highest BCUT2D eigenvalue weighted by Crippen LogP contribution is 2.29. The van der Waals surface area contributed by atoms with Crippen molar-refractivity contribution in [3.63, 3.8) is 0 Å². The van der Waals surface area contributed by atoms with Gasteiger partial charge in [-0.2, -0.15) is 5.10 Å². The first-order valence-corrected chi connectivity index (χ1v) is 10.4. The molecule has 0 aliphatic carbocycles. The van der Waals surface area contributed by atoms with Gasteiger partial charge in [0.05, 0.1) is 17.5 Å². The minimum atomic E-state index is -2.99. The van der Waals surface area contributed by atoms with E-state index in [-0.39, 0.29) is 23.5 Å². The Labute approximate surface area is 147 Å². The fourth-order valence-electron chi connectivity index (χ4n) is 3.81. The molecule has 1 saturated heterocycles. The molecule has 25 heavy (non-hydrogen) atoms. The molecule has 1 atom stereocenters. The van der Waals surface area contributed by atoms with Crippen LogP contribution in [-0.4, -0.2) is 42.2 Å². The topological polar surface area (TPSA) is 72.3 Å². The van der Waals surface area contributed by atoms with E-state index in [4.69, 9.17) is 0 Å². The summed E-state index contributed by atoms with van der Waals surface area (Å²) in [5.74, 6) is 0.185. The number of anilines is 1. The van der Waals surface area contributed by atoms with Gasteiger partial charge in [-0.3, -0.25) is 9.48 Å². The predicted molar refractivity (Wildman–Crippen MR) is 95.7 cm³/mol. The fourth-order valence-corrected chi connectivity index (χ4v) is 5.51. The third kappa shape index (κ3) is 2.97. The molecule has 6 nitrogen and oxygen atoms in total. The van der Waals surface area contributed by atoms with E-state index in [1.807, 2.05) is 25.1 Å². The van der Waals surface area contributed by atoms with Crippen LogP contribution < -0.4 is 4.90 Å². The Morgan fingerprint density at radius 3 is 2.84 bits per heavy atom. The maximum absolute atomic E-state index is 13.0. The third-order valence-electron chi connectivity index (χ3n) is 5.05. The maximum Gasteiger partial charge on any atom is 0.278 e. The first-order chi connectivity index (χ1) is 11.9. The molecular formula is C18H21N3O3S. The van der Waals surface area contributed by atoms with E-state index < -0.39 is 9.84 Å². The van der Waals surface area contributed by atoms with Gasteiger partial charge in [-0.25, -0.2) is 8.42 Å². The van der Waals surface area contributed by atoms with Gasteiger partial charge in [-0.1, -0.05) is 18.2 Å². The summed E-state index contributed by atoms with van der Waals surface area (Å²) in [7, 11) is -2.99. The average Bonchev–Trinajstić information content (AvgIpc) is 3.16. The molecule has 0 N–H and O–H groups in total. The minimum absolute atomic E-state index is 0.107. The number of aromatic nitrogens is 2. The van der Waals surface area contributed by atoms with Crippen molar-refractivity contribution in [3.8, 4) is 0 Å². The van der Waals surface area contributed by atoms with E-state index in [0.717, 1.165) is 24.2 Å². The second-order valence-corrected chi connectivity index (χ2v) is 9.09. The minimum Gasteiger partial charge on any atom is -0.307 e. The number of benzene rings is 1. The number of carbonyl (C=O) groups is 1. The number of sulfone groups is 1. The average molecular weight is 359 g/mol. The Kier molecular flexibility index (Phi) is 3.91. The summed E-state index contributed by atoms with van der Waals surface area (Å²) in [6, 6.07) is 9.57. The largest absolute Gasteiger partial charge is 0.307 e. The number of aryl methyl sites for hydroxylation is 2. The van der Waals surface area contributed by atoms with Crippen LogP contribution in [0.4, 0.5) is 5.69 Å². The molecule has 2 aliphatic heterocycles. The number of hydrogen-bond donors (Lipinski definition) is 0. The highest BCUT2D eigenvalue weighted by Gasteiger charge is 2.32. The molecule has 2 aromatic rings. The van der Waals surface area contributed by atoms with Crippen LogP contribution in [0.25, 0.3) is 0 Å². The van der Waals surface area contributed by atoms with Crippen molar-refractivity contribution in [1.82, 2.24) is 9.78 Å². The molecule has 2 aliphatic rings. The van der Waals surface area contributed by atoms with Crippen LogP contribution in [-0.2, 0) is 16.3 Å². The van der Waals surface area contributed by atoms with Gasteiger partial charge < -0.3 is 4.90 Å². The summed E-state index contributed by atoms with van der Waals surface area (Å²) in [4.78, 5) is 14.8. The number of nitrogens with zero attached hydrogens (tertiary/aromatic N) is 3. The van der Waals surface area contributed by atoms with E-state index in [1.54, 1.807) is 15.6 Å². The van der Waals surface area contributed by atoms with Crippen molar-refractivity contribution >= 4 is 21.4 Å². The monoisotopic (exact) mass is 359 g/mol. The first-order valence-electron chi connectivity index (χ1n) is 8.61. The van der Waals surface area contributed by atoms with Gasteiger partial charge in [0.2, 0.25) is 0 Å². The molecule has 1 unspecified atom stereocenters. The summed E-state index contributed by atoms with van der Waals surface area (Å²) in [5.41, 5.74) is 3.35. The Hall–Kier alpha value is -2.15. The number of fused-ring (bicyclic) bond motifs is 1. The fraction of sp³-hybridized carbons (Fsp3) is 0.444. The molecule has 1 aromatic heterocycles. The molecule has 1 aromatic carbocycles. The Balaban J connectivity index is 1.63. The number of carbonyl (C=O) groups excluding carboxylic acids is 1. The zero-order valence-electron chi connectivity index (χ0n) is 14.2. The standard InChI is InChI=1S/C18H21N3O3S/c1-13-11-16(19-21(13)15-8-10-25(23,24)12-15)18(22)20-9-4-6-14-5-2-3-7-17(14)20/h2-3,5,7,11,15H,4,6,8-10,12H2,1H3. The molecule has 0 radical (unpaired) electrons. The molecular weight excluding hydrogens is 338 g/mol. The molecule has 4 rings (SSSR count). The lowest BCUT2D eigenvalue weighted by Crippen LogP contribution is -2.35. The van der Waals surface area contributed by atoms with Gasteiger partial charge in [-0.05, 0) is 43.9 Å². The van der Waals surface area contributed by atoms with Crippen molar-refractivity contribution in [1.29, 1.82) is 0 Å². The summed E-state index contributed by atoms with van der Waals surface area (Å²) >= 11 is 0. The van der Waals surface area contributed by atoms with Crippen LogP contribution in [0.3, 0.4) is 0 Å². The van der Waals surface area contributed by atoms with Crippen LogP contribution in [0.15, 0.2) is 30.3 Å². The van der Waals surface area contributed by atoms with Crippen molar-refractivity contribution in [3.05, 3.63) is 47.3 Å². The highest BCUT2D eigenvalue weighted by molar-refractivity contribution is 7.91. The van der Waals surface area contributed by atoms with E-state index in [2.05, 4.69) is 11.2 Å². The van der Waals surface area contributed by atoms with Crippen molar-refractivity contribution in [2.75, 3.05) is 23.0 Å². The van der Waals surface area contributed by atoms with Crippen LogP contribution in [0.5, 0.6) is 0 Å². The van der Waals surface area contributed by atoms with Gasteiger partial charge in [0.1, 0.15) is 0 Å². The molecule has 0 saturated carbocycles. The second-order valence-electron chi connectivity index (χ2n) is 6.86. The van der Waals surface area contributed by atoms with E-state index in [1.165, 1.54) is 5.56 Å². The normalized spacial score (nSPS) is 22.0. The summed E-state index contributed by atoms with van der Waals surface area (Å²) < 4.78 is 25.2. The van der Waals surface area contributed by atoms with Crippen LogP contribution >= 0.6 is 0 Å². The van der Waals surface area contributed by atoms with Gasteiger partial charge in [-0.15, -0.1) is 0 Å². The van der Waals surface area contributed by atoms with Crippen molar-refractivity contribution < 1.29 is 13.2 Å². The summed E-state index contributed by atoms with van der Waals surface area (Å²) in [5, 5.41) is 4.47. The highest BCUT2D eigenvalue weighted by atomic mass is 32.2. The van der Waals surface area contributed by atoms with Gasteiger partial charge in [0.15, 0.2) is 15.5 Å². The third-order valence-corrected chi connectivity index (χ3v) is 6.80. The van der Waals surface area contributed by atoms with Crippen molar-refractivity contribution in [2.24, 2.45) is 0 Å². The van der Waals surface area contributed by atoms with Crippen molar-refractivity contribution in [2.45, 2.75) is 32.2 Å². The lowest BCUT2D eigenvalue weighted by atomic mass is 10.0. The Bertz CT molecular complexity index is 933. The molecule has 0 bridgehead atoms. The number of para-hydroxylation sites is 1. The van der Waals surface area contributed by atoms with E-state index >= 15 is 0 Å². The quantitative estimate of drug-likeness (QED) is 0.824. The van der Waals surface area contributed by atoms with E-state index in [0.29, 0.717) is 18.7 Å². The lowest BCUT2D eigenvalue weighted by Gasteiger charge is -2.28. The SMILES string of the molecule is Cc1cc(C(=O)N2CCCc3ccccc32)nn1C1CCS(=O)(=O)C1. The number of rotatable bonds is 2. The summed E-state index contributed by atoms with van der Waals surface area (Å²) in [6.07, 6.45) is 2.47. The first kappa shape index (κ1) is 16.3. The maximum atomic E-state index is 13.0. The molecule has 0 spiro atoms. The second kappa shape index (κ2) is 5.98. The Morgan fingerprint density at radius 2 is 2.08 bits per heavy atom. The smallest absolute Gasteiger partial charge is 0.278 e. The molecule has 132 valence electrons.